The average Bonchev–Trinajstić information content (AvgIpc) is 1.98. The van der Waals surface area contributed by atoms with Gasteiger partial charge in [-0.15, -0.1) is 0 Å². The summed E-state index contributed by atoms with van der Waals surface area (Å²) >= 11 is 0. The van der Waals surface area contributed by atoms with E-state index in [2.05, 4.69) is 18.8 Å². The van der Waals surface area contributed by atoms with Crippen molar-refractivity contribution >= 4 is 5.96 Å². The van der Waals surface area contributed by atoms with Crippen LogP contribution >= 0.6 is 0 Å². The van der Waals surface area contributed by atoms with Crippen LogP contribution < -0.4 is 5.73 Å². The topological polar surface area (TPSA) is 41.6 Å². The number of hydrogen-bond donors (Lipinski definition) is 1. The molecule has 0 saturated carbocycles. The summed E-state index contributed by atoms with van der Waals surface area (Å²) in [6, 6.07) is 0. The molecule has 0 heterocycles. The van der Waals surface area contributed by atoms with E-state index in [1.54, 1.807) is 7.05 Å². The Morgan fingerprint density at radius 1 is 1.55 bits per heavy atom. The molecule has 11 heavy (non-hydrogen) atoms. The van der Waals surface area contributed by atoms with Crippen LogP contribution in [0.2, 0.25) is 0 Å². The minimum atomic E-state index is 0.616. The largest absolute Gasteiger partial charge is 0.370 e. The molecule has 0 bridgehead atoms. The molecule has 0 saturated heterocycles. The fourth-order valence-corrected chi connectivity index (χ4v) is 0.737. The molecule has 3 nitrogen and oxygen atoms in total. The minimum absolute atomic E-state index is 0.616. The highest BCUT2D eigenvalue weighted by Gasteiger charge is 2.01. The van der Waals surface area contributed by atoms with Crippen LogP contribution in [0.1, 0.15) is 20.3 Å². The van der Waals surface area contributed by atoms with Gasteiger partial charge in [-0.05, 0) is 12.3 Å². The summed E-state index contributed by atoms with van der Waals surface area (Å²) in [7, 11) is 3.67. The molecule has 0 aromatic heterocycles. The number of aliphatic imine (C=N–C) groups is 1. The predicted molar refractivity (Wildman–Crippen MR) is 49.6 cm³/mol. The maximum atomic E-state index is 5.58. The Morgan fingerprint density at radius 3 is 2.45 bits per heavy atom. The van der Waals surface area contributed by atoms with Gasteiger partial charge in [-0.2, -0.15) is 0 Å². The van der Waals surface area contributed by atoms with Gasteiger partial charge < -0.3 is 10.6 Å². The SMILES string of the molecule is CN=C(N)N(C)CCC(C)C. The number of nitrogens with two attached hydrogens (primary N) is 1. The lowest BCUT2D eigenvalue weighted by Crippen LogP contribution is -2.34. The molecule has 0 spiro atoms. The van der Waals surface area contributed by atoms with Crippen molar-refractivity contribution in [3.05, 3.63) is 0 Å². The second-order valence-corrected chi connectivity index (χ2v) is 3.19. The molecule has 0 rings (SSSR count). The zero-order chi connectivity index (χ0) is 8.85. The van der Waals surface area contributed by atoms with Gasteiger partial charge in [0, 0.05) is 20.6 Å². The Morgan fingerprint density at radius 2 is 2.09 bits per heavy atom. The van der Waals surface area contributed by atoms with Crippen molar-refractivity contribution in [1.29, 1.82) is 0 Å². The van der Waals surface area contributed by atoms with Crippen LogP contribution in [0.25, 0.3) is 0 Å². The number of guanidine groups is 1. The lowest BCUT2D eigenvalue weighted by Gasteiger charge is -2.18. The first kappa shape index (κ1) is 10.3. The second kappa shape index (κ2) is 4.99. The fraction of sp³-hybridized carbons (Fsp3) is 0.875. The smallest absolute Gasteiger partial charge is 0.190 e. The van der Waals surface area contributed by atoms with Crippen molar-refractivity contribution in [2.24, 2.45) is 16.6 Å². The zero-order valence-corrected chi connectivity index (χ0v) is 7.96. The molecular weight excluding hydrogens is 138 g/mol. The van der Waals surface area contributed by atoms with Crippen molar-refractivity contribution in [2.75, 3.05) is 20.6 Å². The quantitative estimate of drug-likeness (QED) is 0.488. The van der Waals surface area contributed by atoms with Crippen LogP contribution in [-0.4, -0.2) is 31.5 Å². The second-order valence-electron chi connectivity index (χ2n) is 3.19. The molecule has 0 aromatic rings. The molecule has 0 aliphatic carbocycles. The molecule has 0 radical (unpaired) electrons. The van der Waals surface area contributed by atoms with Crippen LogP contribution in [0.5, 0.6) is 0 Å². The summed E-state index contributed by atoms with van der Waals surface area (Å²) < 4.78 is 0. The highest BCUT2D eigenvalue weighted by molar-refractivity contribution is 5.77. The van der Waals surface area contributed by atoms with Crippen LogP contribution in [0, 0.1) is 5.92 Å². The van der Waals surface area contributed by atoms with Gasteiger partial charge in [-0.1, -0.05) is 13.8 Å². The van der Waals surface area contributed by atoms with E-state index in [0.29, 0.717) is 5.96 Å². The molecule has 0 atom stereocenters. The van der Waals surface area contributed by atoms with Gasteiger partial charge >= 0.3 is 0 Å². The van der Waals surface area contributed by atoms with E-state index in [0.717, 1.165) is 18.9 Å². The Bertz CT molecular complexity index is 129. The molecule has 0 aliphatic heterocycles. The maximum Gasteiger partial charge on any atom is 0.190 e. The summed E-state index contributed by atoms with van der Waals surface area (Å²) in [6.45, 7) is 5.39. The summed E-state index contributed by atoms with van der Waals surface area (Å²) in [5.41, 5.74) is 5.58. The van der Waals surface area contributed by atoms with E-state index < -0.39 is 0 Å². The standard InChI is InChI=1S/C8H19N3/c1-7(2)5-6-11(4)8(9)10-3/h7H,5-6H2,1-4H3,(H2,9,10). The van der Waals surface area contributed by atoms with Crippen LogP contribution in [0.15, 0.2) is 4.99 Å². The molecule has 66 valence electrons. The summed E-state index contributed by atoms with van der Waals surface area (Å²) in [5, 5.41) is 0. The van der Waals surface area contributed by atoms with Crippen LogP contribution in [0.3, 0.4) is 0 Å². The van der Waals surface area contributed by atoms with E-state index >= 15 is 0 Å². The van der Waals surface area contributed by atoms with Gasteiger partial charge in [0.25, 0.3) is 0 Å². The summed E-state index contributed by atoms with van der Waals surface area (Å²) in [5.74, 6) is 1.34. The third kappa shape index (κ3) is 4.65. The summed E-state index contributed by atoms with van der Waals surface area (Å²) in [6.07, 6.45) is 1.16. The van der Waals surface area contributed by atoms with Gasteiger partial charge in [-0.3, -0.25) is 4.99 Å². The van der Waals surface area contributed by atoms with E-state index in [4.69, 9.17) is 5.73 Å². The molecule has 0 aromatic carbocycles. The lowest BCUT2D eigenvalue weighted by atomic mass is 10.1. The Kier molecular flexibility index (Phi) is 4.66. The third-order valence-electron chi connectivity index (χ3n) is 1.66. The van der Waals surface area contributed by atoms with E-state index in [9.17, 15) is 0 Å². The fourth-order valence-electron chi connectivity index (χ4n) is 0.737. The van der Waals surface area contributed by atoms with E-state index in [1.807, 2.05) is 11.9 Å². The molecule has 0 unspecified atom stereocenters. The average molecular weight is 157 g/mol. The zero-order valence-electron chi connectivity index (χ0n) is 7.96. The van der Waals surface area contributed by atoms with Crippen molar-refractivity contribution in [3.8, 4) is 0 Å². The lowest BCUT2D eigenvalue weighted by molar-refractivity contribution is 0.433. The van der Waals surface area contributed by atoms with Crippen molar-refractivity contribution in [3.63, 3.8) is 0 Å². The van der Waals surface area contributed by atoms with Gasteiger partial charge in [0.05, 0.1) is 0 Å². The Labute approximate surface area is 69.3 Å². The van der Waals surface area contributed by atoms with Crippen molar-refractivity contribution < 1.29 is 0 Å². The van der Waals surface area contributed by atoms with Crippen molar-refractivity contribution in [1.82, 2.24) is 4.90 Å². The van der Waals surface area contributed by atoms with Gasteiger partial charge in [0.2, 0.25) is 0 Å². The number of nitrogens with zero attached hydrogens (tertiary/aromatic N) is 2. The molecule has 0 fully saturated rings. The first-order valence-corrected chi connectivity index (χ1v) is 4.01. The monoisotopic (exact) mass is 157 g/mol. The first-order chi connectivity index (χ1) is 5.07. The molecule has 3 heteroatoms. The molecular formula is C8H19N3. The van der Waals surface area contributed by atoms with E-state index in [-0.39, 0.29) is 0 Å². The third-order valence-corrected chi connectivity index (χ3v) is 1.66. The maximum absolute atomic E-state index is 5.58. The van der Waals surface area contributed by atoms with Gasteiger partial charge in [0.15, 0.2) is 5.96 Å². The van der Waals surface area contributed by atoms with Gasteiger partial charge in [-0.25, -0.2) is 0 Å². The highest BCUT2D eigenvalue weighted by atomic mass is 15.2. The number of rotatable bonds is 3. The van der Waals surface area contributed by atoms with Crippen molar-refractivity contribution in [2.45, 2.75) is 20.3 Å². The highest BCUT2D eigenvalue weighted by Crippen LogP contribution is 1.99. The normalized spacial score (nSPS) is 12.3. The Balaban J connectivity index is 3.61. The predicted octanol–water partition coefficient (Wildman–Crippen LogP) is 0.909. The molecule has 2 N–H and O–H groups in total. The molecule has 0 amide bonds. The van der Waals surface area contributed by atoms with E-state index in [1.165, 1.54) is 0 Å². The van der Waals surface area contributed by atoms with Crippen LogP contribution in [-0.2, 0) is 0 Å². The minimum Gasteiger partial charge on any atom is -0.370 e. The Hall–Kier alpha value is -0.730. The first-order valence-electron chi connectivity index (χ1n) is 4.01. The van der Waals surface area contributed by atoms with Gasteiger partial charge in [0.1, 0.15) is 0 Å². The van der Waals surface area contributed by atoms with Crippen LogP contribution in [0.4, 0.5) is 0 Å². The molecule has 0 aliphatic rings. The summed E-state index contributed by atoms with van der Waals surface area (Å²) in [4.78, 5) is 5.86. The number of hydrogen-bond acceptors (Lipinski definition) is 1.